The van der Waals surface area contributed by atoms with E-state index in [1.165, 1.54) is 6.08 Å². The maximum atomic E-state index is 12.0. The molecule has 0 spiro atoms. The predicted molar refractivity (Wildman–Crippen MR) is 85.6 cm³/mol. The Morgan fingerprint density at radius 3 is 2.48 bits per heavy atom. The van der Waals surface area contributed by atoms with Gasteiger partial charge >= 0.3 is 0 Å². The van der Waals surface area contributed by atoms with E-state index in [9.17, 15) is 14.4 Å². The van der Waals surface area contributed by atoms with Crippen LogP contribution in [-0.2, 0) is 14.4 Å². The topological polar surface area (TPSA) is 68.2 Å². The van der Waals surface area contributed by atoms with Crippen molar-refractivity contribution in [3.8, 4) is 0 Å². The number of nitrogens with one attached hydrogen (secondary N) is 1. The maximum Gasteiger partial charge on any atom is 0.258 e. The summed E-state index contributed by atoms with van der Waals surface area (Å²) < 4.78 is 2.16. The van der Waals surface area contributed by atoms with E-state index in [0.717, 1.165) is 29.3 Å². The van der Waals surface area contributed by atoms with Crippen molar-refractivity contribution in [3.63, 3.8) is 0 Å². The van der Waals surface area contributed by atoms with Crippen molar-refractivity contribution in [2.45, 2.75) is 31.7 Å². The number of fused-ring (bicyclic) bond motifs is 1. The number of ketones is 1. The summed E-state index contributed by atoms with van der Waals surface area (Å²) in [5.41, 5.74) is 2.23. The molecule has 2 amide bonds. The third-order valence-electron chi connectivity index (χ3n) is 4.69. The van der Waals surface area contributed by atoms with E-state index in [1.807, 2.05) is 30.5 Å². The fourth-order valence-corrected chi connectivity index (χ4v) is 3.54. The summed E-state index contributed by atoms with van der Waals surface area (Å²) in [4.78, 5) is 35.0. The van der Waals surface area contributed by atoms with E-state index in [4.69, 9.17) is 0 Å². The molecule has 23 heavy (non-hydrogen) atoms. The minimum absolute atomic E-state index is 0.257. The second kappa shape index (κ2) is 5.19. The highest BCUT2D eigenvalue weighted by molar-refractivity contribution is 6.35. The Hall–Kier alpha value is -2.69. The number of para-hydroxylation sites is 1. The number of carbonyl (C=O) groups is 3. The number of amides is 2. The molecule has 4 rings (SSSR count). The smallest absolute Gasteiger partial charge is 0.258 e. The minimum Gasteiger partial charge on any atom is -0.344 e. The minimum atomic E-state index is -0.370. The van der Waals surface area contributed by atoms with Crippen molar-refractivity contribution in [1.82, 2.24) is 9.88 Å². The number of benzene rings is 1. The zero-order valence-electron chi connectivity index (χ0n) is 12.5. The molecule has 0 atom stereocenters. The van der Waals surface area contributed by atoms with E-state index in [-0.39, 0.29) is 17.9 Å². The molecular formula is C18H16N2O3. The van der Waals surface area contributed by atoms with Crippen LogP contribution in [0.15, 0.2) is 36.5 Å². The van der Waals surface area contributed by atoms with Gasteiger partial charge < -0.3 is 4.57 Å². The van der Waals surface area contributed by atoms with Crippen molar-refractivity contribution in [2.24, 2.45) is 0 Å². The summed E-state index contributed by atoms with van der Waals surface area (Å²) in [7, 11) is 0. The van der Waals surface area contributed by atoms with Gasteiger partial charge in [0.2, 0.25) is 0 Å². The summed E-state index contributed by atoms with van der Waals surface area (Å²) in [5, 5.41) is 3.26. The molecule has 2 aliphatic rings. The molecule has 0 radical (unpaired) electrons. The standard InChI is InChI=1S/C18H16N2O3/c21-12-7-5-11(6-8-12)20-10-15(13-3-1-2-4-16(13)20)14-9-17(22)19-18(14)23/h1-4,9-11H,5-8H2,(H,19,22,23). The number of carbonyl (C=O) groups excluding carboxylic acids is 3. The summed E-state index contributed by atoms with van der Waals surface area (Å²) in [6, 6.07) is 8.13. The molecular weight excluding hydrogens is 292 g/mol. The van der Waals surface area contributed by atoms with Crippen LogP contribution >= 0.6 is 0 Å². The van der Waals surface area contributed by atoms with Gasteiger partial charge in [-0.1, -0.05) is 18.2 Å². The lowest BCUT2D eigenvalue weighted by Crippen LogP contribution is -2.21. The van der Waals surface area contributed by atoms with Gasteiger partial charge in [0.05, 0.1) is 5.57 Å². The van der Waals surface area contributed by atoms with Gasteiger partial charge in [0.1, 0.15) is 5.78 Å². The van der Waals surface area contributed by atoms with Crippen molar-refractivity contribution < 1.29 is 14.4 Å². The summed E-state index contributed by atoms with van der Waals surface area (Å²) in [5.74, 6) is -0.400. The van der Waals surface area contributed by atoms with Gasteiger partial charge in [-0.2, -0.15) is 0 Å². The normalized spacial score (nSPS) is 19.3. The van der Waals surface area contributed by atoms with Crippen LogP contribution in [0.3, 0.4) is 0 Å². The molecule has 1 aliphatic heterocycles. The number of Topliss-reactive ketones (excluding diaryl/α,β-unsaturated/α-hetero) is 1. The average molecular weight is 308 g/mol. The lowest BCUT2D eigenvalue weighted by Gasteiger charge is -2.23. The van der Waals surface area contributed by atoms with Crippen LogP contribution in [0.2, 0.25) is 0 Å². The second-order valence-corrected chi connectivity index (χ2v) is 6.11. The molecule has 0 bridgehead atoms. The summed E-state index contributed by atoms with van der Waals surface area (Å²) >= 11 is 0. The zero-order valence-corrected chi connectivity index (χ0v) is 12.5. The fraction of sp³-hybridized carbons (Fsp3) is 0.278. The van der Waals surface area contributed by atoms with Crippen LogP contribution in [0.1, 0.15) is 37.3 Å². The summed E-state index contributed by atoms with van der Waals surface area (Å²) in [6.45, 7) is 0. The molecule has 5 nitrogen and oxygen atoms in total. The van der Waals surface area contributed by atoms with Crippen molar-refractivity contribution >= 4 is 34.1 Å². The Labute approximate surface area is 133 Å². The molecule has 1 aromatic heterocycles. The number of hydrogen-bond donors (Lipinski definition) is 1. The first-order valence-corrected chi connectivity index (χ1v) is 7.82. The van der Waals surface area contributed by atoms with Gasteiger partial charge in [0.25, 0.3) is 11.8 Å². The first-order chi connectivity index (χ1) is 11.1. The van der Waals surface area contributed by atoms with Gasteiger partial charge in [-0.05, 0) is 18.9 Å². The molecule has 2 aromatic rings. The highest BCUT2D eigenvalue weighted by Gasteiger charge is 2.27. The monoisotopic (exact) mass is 308 g/mol. The van der Waals surface area contributed by atoms with Gasteiger partial charge in [-0.25, -0.2) is 0 Å². The third kappa shape index (κ3) is 2.29. The maximum absolute atomic E-state index is 12.0. The van der Waals surface area contributed by atoms with E-state index < -0.39 is 0 Å². The molecule has 1 aliphatic carbocycles. The van der Waals surface area contributed by atoms with Crippen LogP contribution in [-0.4, -0.2) is 22.2 Å². The molecule has 0 unspecified atom stereocenters. The highest BCUT2D eigenvalue weighted by atomic mass is 16.2. The van der Waals surface area contributed by atoms with Crippen molar-refractivity contribution in [1.29, 1.82) is 0 Å². The van der Waals surface area contributed by atoms with Crippen LogP contribution in [0, 0.1) is 0 Å². The second-order valence-electron chi connectivity index (χ2n) is 6.11. The van der Waals surface area contributed by atoms with Gasteiger partial charge in [0.15, 0.2) is 0 Å². The first kappa shape index (κ1) is 13.9. The van der Waals surface area contributed by atoms with Crippen molar-refractivity contribution in [2.75, 3.05) is 0 Å². The van der Waals surface area contributed by atoms with E-state index in [1.54, 1.807) is 0 Å². The molecule has 0 saturated heterocycles. The number of aromatic nitrogens is 1. The highest BCUT2D eigenvalue weighted by Crippen LogP contribution is 2.35. The zero-order chi connectivity index (χ0) is 16.0. The van der Waals surface area contributed by atoms with Crippen LogP contribution in [0.4, 0.5) is 0 Å². The Morgan fingerprint density at radius 1 is 1.04 bits per heavy atom. The summed E-state index contributed by atoms with van der Waals surface area (Å²) in [6.07, 6.45) is 6.17. The van der Waals surface area contributed by atoms with E-state index in [0.29, 0.717) is 24.2 Å². The Bertz CT molecular complexity index is 866. The average Bonchev–Trinajstić information content (AvgIpc) is 3.08. The molecule has 1 fully saturated rings. The van der Waals surface area contributed by atoms with Gasteiger partial charge in [-0.15, -0.1) is 0 Å². The number of imide groups is 1. The number of nitrogens with zero attached hydrogens (tertiary/aromatic N) is 1. The SMILES string of the molecule is O=C1CCC(n2cc(C3=CC(=O)NC3=O)c3ccccc32)CC1. The van der Waals surface area contributed by atoms with Crippen molar-refractivity contribution in [3.05, 3.63) is 42.1 Å². The molecule has 1 saturated carbocycles. The van der Waals surface area contributed by atoms with Gasteiger partial charge in [0, 0.05) is 47.6 Å². The molecule has 5 heteroatoms. The molecule has 1 aromatic carbocycles. The van der Waals surface area contributed by atoms with E-state index >= 15 is 0 Å². The van der Waals surface area contributed by atoms with E-state index in [2.05, 4.69) is 9.88 Å². The Morgan fingerprint density at radius 2 is 1.78 bits per heavy atom. The first-order valence-electron chi connectivity index (χ1n) is 7.82. The number of rotatable bonds is 2. The quantitative estimate of drug-likeness (QED) is 0.866. The largest absolute Gasteiger partial charge is 0.344 e. The lowest BCUT2D eigenvalue weighted by atomic mass is 9.94. The fourth-order valence-electron chi connectivity index (χ4n) is 3.54. The lowest BCUT2D eigenvalue weighted by molar-refractivity contribution is -0.123. The van der Waals surface area contributed by atoms with Gasteiger partial charge in [-0.3, -0.25) is 19.7 Å². The molecule has 1 N–H and O–H groups in total. The molecule has 2 heterocycles. The number of hydrogen-bond acceptors (Lipinski definition) is 3. The van der Waals surface area contributed by atoms with Crippen LogP contribution in [0.25, 0.3) is 16.5 Å². The predicted octanol–water partition coefficient (Wildman–Crippen LogP) is 2.37. The molecule has 116 valence electrons. The Kier molecular flexibility index (Phi) is 3.15. The van der Waals surface area contributed by atoms with Crippen LogP contribution in [0.5, 0.6) is 0 Å². The van der Waals surface area contributed by atoms with Crippen LogP contribution < -0.4 is 5.32 Å². The third-order valence-corrected chi connectivity index (χ3v) is 4.69. The Balaban J connectivity index is 1.84.